The molecule has 1 unspecified atom stereocenters. The van der Waals surface area contributed by atoms with Gasteiger partial charge in [-0.1, -0.05) is 19.1 Å². The zero-order chi connectivity index (χ0) is 19.2. The highest BCUT2D eigenvalue weighted by molar-refractivity contribution is 14.0. The Morgan fingerprint density at radius 2 is 1.93 bits per heavy atom. The number of hydrogen-bond donors (Lipinski definition) is 2. The first-order chi connectivity index (χ1) is 12.3. The van der Waals surface area contributed by atoms with Crippen molar-refractivity contribution >= 4 is 39.8 Å². The number of sulfone groups is 1. The molecule has 0 aromatic heterocycles. The van der Waals surface area contributed by atoms with Gasteiger partial charge < -0.3 is 15.5 Å². The number of likely N-dealkylation sites (tertiary alicyclic amines) is 1. The first-order valence-electron chi connectivity index (χ1n) is 9.26. The van der Waals surface area contributed by atoms with Crippen LogP contribution in [0.4, 0.5) is 0 Å². The van der Waals surface area contributed by atoms with Gasteiger partial charge in [0.1, 0.15) is 0 Å². The van der Waals surface area contributed by atoms with Crippen LogP contribution >= 0.6 is 24.0 Å². The lowest BCUT2D eigenvalue weighted by molar-refractivity contribution is 0.287. The first kappa shape index (κ1) is 24.2. The van der Waals surface area contributed by atoms with E-state index in [1.54, 1.807) is 13.1 Å². The van der Waals surface area contributed by atoms with Gasteiger partial charge in [-0.15, -0.1) is 24.0 Å². The van der Waals surface area contributed by atoms with E-state index in [1.807, 2.05) is 19.1 Å². The summed E-state index contributed by atoms with van der Waals surface area (Å²) in [5.41, 5.74) is 1.80. The topological polar surface area (TPSA) is 73.8 Å². The van der Waals surface area contributed by atoms with Gasteiger partial charge in [0.25, 0.3) is 0 Å². The van der Waals surface area contributed by atoms with Crippen LogP contribution in [0.15, 0.2) is 28.1 Å². The second-order valence-electron chi connectivity index (χ2n) is 7.29. The van der Waals surface area contributed by atoms with Gasteiger partial charge in [0, 0.05) is 32.9 Å². The quantitative estimate of drug-likeness (QED) is 0.336. The summed E-state index contributed by atoms with van der Waals surface area (Å²) in [4.78, 5) is 7.18. The zero-order valence-electron chi connectivity index (χ0n) is 16.8. The van der Waals surface area contributed by atoms with Crippen molar-refractivity contribution < 1.29 is 8.42 Å². The van der Waals surface area contributed by atoms with E-state index >= 15 is 0 Å². The van der Waals surface area contributed by atoms with Crippen LogP contribution in [0.1, 0.15) is 30.9 Å². The average Bonchev–Trinajstić information content (AvgIpc) is 3.06. The molecular formula is C19H33IN4O2S. The van der Waals surface area contributed by atoms with E-state index in [0.717, 1.165) is 30.2 Å². The number of halogens is 1. The molecule has 154 valence electrons. The van der Waals surface area contributed by atoms with Crippen molar-refractivity contribution in [2.45, 2.75) is 38.1 Å². The summed E-state index contributed by atoms with van der Waals surface area (Å²) in [6.07, 6.45) is 3.88. The van der Waals surface area contributed by atoms with E-state index in [1.165, 1.54) is 32.2 Å². The zero-order valence-corrected chi connectivity index (χ0v) is 19.9. The van der Waals surface area contributed by atoms with Gasteiger partial charge in [0.2, 0.25) is 0 Å². The lowest BCUT2D eigenvalue weighted by atomic mass is 10.1. The van der Waals surface area contributed by atoms with Crippen LogP contribution < -0.4 is 10.6 Å². The molecule has 2 rings (SSSR count). The van der Waals surface area contributed by atoms with E-state index < -0.39 is 9.84 Å². The van der Waals surface area contributed by atoms with E-state index in [4.69, 9.17) is 0 Å². The third kappa shape index (κ3) is 7.95. The lowest BCUT2D eigenvalue weighted by Gasteiger charge is -2.21. The van der Waals surface area contributed by atoms with Crippen molar-refractivity contribution in [3.8, 4) is 0 Å². The van der Waals surface area contributed by atoms with Crippen molar-refractivity contribution in [1.82, 2.24) is 15.5 Å². The van der Waals surface area contributed by atoms with Gasteiger partial charge in [0.05, 0.1) is 4.90 Å². The molecule has 1 aromatic rings. The molecular weight excluding hydrogens is 475 g/mol. The van der Waals surface area contributed by atoms with Crippen LogP contribution in [0.5, 0.6) is 0 Å². The monoisotopic (exact) mass is 508 g/mol. The predicted molar refractivity (Wildman–Crippen MR) is 123 cm³/mol. The number of aliphatic imine (C=N–C) groups is 1. The minimum atomic E-state index is -3.17. The smallest absolute Gasteiger partial charge is 0.191 e. The number of aryl methyl sites for hydroxylation is 1. The van der Waals surface area contributed by atoms with E-state index in [0.29, 0.717) is 17.4 Å². The number of guanidine groups is 1. The van der Waals surface area contributed by atoms with Crippen molar-refractivity contribution in [3.63, 3.8) is 0 Å². The molecule has 2 N–H and O–H groups in total. The molecule has 0 amide bonds. The summed E-state index contributed by atoms with van der Waals surface area (Å²) < 4.78 is 23.4. The fourth-order valence-corrected chi connectivity index (χ4v) is 4.34. The fourth-order valence-electron chi connectivity index (χ4n) is 3.39. The van der Waals surface area contributed by atoms with Gasteiger partial charge in [-0.25, -0.2) is 8.42 Å². The molecule has 1 aliphatic heterocycles. The highest BCUT2D eigenvalue weighted by atomic mass is 127. The Bertz CT molecular complexity index is 731. The highest BCUT2D eigenvalue weighted by Crippen LogP contribution is 2.16. The van der Waals surface area contributed by atoms with Crippen LogP contribution in [0, 0.1) is 12.8 Å². The Morgan fingerprint density at radius 1 is 1.26 bits per heavy atom. The molecule has 1 atom stereocenters. The Kier molecular flexibility index (Phi) is 10.0. The maximum Gasteiger partial charge on any atom is 0.191 e. The molecule has 8 heteroatoms. The molecule has 27 heavy (non-hydrogen) atoms. The Balaban J connectivity index is 0.00000364. The summed E-state index contributed by atoms with van der Waals surface area (Å²) in [7, 11) is -1.41. The van der Waals surface area contributed by atoms with Crippen LogP contribution in [0.3, 0.4) is 0 Å². The Hall–Kier alpha value is -0.870. The molecule has 1 saturated heterocycles. The van der Waals surface area contributed by atoms with Gasteiger partial charge in [-0.05, 0) is 56.0 Å². The van der Waals surface area contributed by atoms with Gasteiger partial charge in [-0.2, -0.15) is 0 Å². The largest absolute Gasteiger partial charge is 0.356 e. The SMILES string of the molecule is CN=C(NCc1ccc(S(C)(=O)=O)c(C)c1)NCC(C)CN1CCCC1.I. The maximum absolute atomic E-state index is 11.7. The van der Waals surface area contributed by atoms with Crippen LogP contribution in [-0.2, 0) is 16.4 Å². The fraction of sp³-hybridized carbons (Fsp3) is 0.632. The number of rotatable bonds is 7. The number of nitrogens with one attached hydrogen (secondary N) is 2. The lowest BCUT2D eigenvalue weighted by Crippen LogP contribution is -2.41. The Labute approximate surface area is 181 Å². The van der Waals surface area contributed by atoms with Crippen LogP contribution in [-0.4, -0.2) is 58.8 Å². The third-order valence-electron chi connectivity index (χ3n) is 4.71. The van der Waals surface area contributed by atoms with Crippen molar-refractivity contribution in [1.29, 1.82) is 0 Å². The Morgan fingerprint density at radius 3 is 2.48 bits per heavy atom. The van der Waals surface area contributed by atoms with Crippen LogP contribution in [0.2, 0.25) is 0 Å². The highest BCUT2D eigenvalue weighted by Gasteiger charge is 2.15. The predicted octanol–water partition coefficient (Wildman–Crippen LogP) is 2.41. The van der Waals surface area contributed by atoms with E-state index in [2.05, 4.69) is 27.4 Å². The van der Waals surface area contributed by atoms with Gasteiger partial charge >= 0.3 is 0 Å². The molecule has 1 aliphatic rings. The van der Waals surface area contributed by atoms with Crippen molar-refractivity contribution in [3.05, 3.63) is 29.3 Å². The maximum atomic E-state index is 11.7. The minimum absolute atomic E-state index is 0. The molecule has 0 saturated carbocycles. The summed E-state index contributed by atoms with van der Waals surface area (Å²) in [5.74, 6) is 1.33. The van der Waals surface area contributed by atoms with Gasteiger partial charge in [-0.3, -0.25) is 4.99 Å². The normalized spacial score (nSPS) is 16.7. The second-order valence-corrected chi connectivity index (χ2v) is 9.28. The second kappa shape index (κ2) is 11.2. The third-order valence-corrected chi connectivity index (χ3v) is 5.97. The molecule has 0 aliphatic carbocycles. The standard InChI is InChI=1S/C19H32N4O2S.HI/c1-15(14-23-9-5-6-10-23)12-21-19(20-3)22-13-17-7-8-18(16(2)11-17)26(4,24)25;/h7-8,11,15H,5-6,9-10,12-14H2,1-4H3,(H2,20,21,22);1H. The molecule has 1 aromatic carbocycles. The average molecular weight is 508 g/mol. The van der Waals surface area contributed by atoms with Gasteiger partial charge in [0.15, 0.2) is 15.8 Å². The summed E-state index contributed by atoms with van der Waals surface area (Å²) >= 11 is 0. The summed E-state index contributed by atoms with van der Waals surface area (Å²) in [5, 5.41) is 6.68. The van der Waals surface area contributed by atoms with Crippen molar-refractivity contribution in [2.24, 2.45) is 10.9 Å². The first-order valence-corrected chi connectivity index (χ1v) is 11.1. The number of nitrogens with zero attached hydrogens (tertiary/aromatic N) is 2. The van der Waals surface area contributed by atoms with Crippen LogP contribution in [0.25, 0.3) is 0 Å². The number of hydrogen-bond acceptors (Lipinski definition) is 4. The minimum Gasteiger partial charge on any atom is -0.356 e. The van der Waals surface area contributed by atoms with Crippen molar-refractivity contribution in [2.75, 3.05) is 39.5 Å². The summed E-state index contributed by atoms with van der Waals surface area (Å²) in [6.45, 7) is 9.13. The molecule has 1 heterocycles. The molecule has 1 fully saturated rings. The molecule has 0 spiro atoms. The molecule has 6 nitrogen and oxygen atoms in total. The van der Waals surface area contributed by atoms with E-state index in [9.17, 15) is 8.42 Å². The van der Waals surface area contributed by atoms with E-state index in [-0.39, 0.29) is 24.0 Å². The summed E-state index contributed by atoms with van der Waals surface area (Å²) in [6, 6.07) is 5.43. The molecule has 0 radical (unpaired) electrons. The molecule has 0 bridgehead atoms. The number of benzene rings is 1.